The largest absolute Gasteiger partial charge is 0.393 e. The van der Waals surface area contributed by atoms with E-state index in [0.717, 1.165) is 24.8 Å². The molecule has 1 saturated heterocycles. The average Bonchev–Trinajstić information content (AvgIpc) is 2.35. The zero-order chi connectivity index (χ0) is 12.3. The number of aliphatic hydroxyl groups excluding tert-OH is 1. The average molecular weight is 239 g/mol. The van der Waals surface area contributed by atoms with Crippen molar-refractivity contribution in [1.29, 1.82) is 0 Å². The molecule has 17 heavy (non-hydrogen) atoms. The van der Waals surface area contributed by atoms with E-state index in [-0.39, 0.29) is 6.10 Å². The molecule has 0 aromatic carbocycles. The molecule has 0 amide bonds. The summed E-state index contributed by atoms with van der Waals surface area (Å²) in [5, 5.41) is 10.1. The van der Waals surface area contributed by atoms with Crippen LogP contribution in [0.4, 0.5) is 0 Å². The van der Waals surface area contributed by atoms with E-state index < -0.39 is 0 Å². The molecule has 0 spiro atoms. The normalized spacial score (nSPS) is 37.2. The van der Waals surface area contributed by atoms with Crippen LogP contribution >= 0.6 is 0 Å². The van der Waals surface area contributed by atoms with Crippen LogP contribution in [0.5, 0.6) is 0 Å². The lowest BCUT2D eigenvalue weighted by Gasteiger charge is -2.38. The molecule has 2 rings (SSSR count). The Hall–Kier alpha value is -0.0800. The van der Waals surface area contributed by atoms with Crippen molar-refractivity contribution in [1.82, 2.24) is 4.90 Å². The Morgan fingerprint density at radius 2 is 1.82 bits per heavy atom. The van der Waals surface area contributed by atoms with E-state index in [1.807, 2.05) is 0 Å². The van der Waals surface area contributed by atoms with Crippen molar-refractivity contribution in [3.05, 3.63) is 0 Å². The Morgan fingerprint density at radius 1 is 1.12 bits per heavy atom. The van der Waals surface area contributed by atoms with Crippen LogP contribution in [0.25, 0.3) is 0 Å². The maximum absolute atomic E-state index is 10.1. The van der Waals surface area contributed by atoms with Crippen molar-refractivity contribution in [3.8, 4) is 0 Å². The molecule has 3 unspecified atom stereocenters. The van der Waals surface area contributed by atoms with E-state index in [2.05, 4.69) is 18.7 Å². The topological polar surface area (TPSA) is 23.5 Å². The summed E-state index contributed by atoms with van der Waals surface area (Å²) in [4.78, 5) is 2.59. The molecule has 0 aromatic heterocycles. The van der Waals surface area contributed by atoms with Gasteiger partial charge in [-0.05, 0) is 62.9 Å². The van der Waals surface area contributed by atoms with Crippen LogP contribution in [0.1, 0.15) is 52.4 Å². The molecule has 2 fully saturated rings. The van der Waals surface area contributed by atoms with E-state index in [4.69, 9.17) is 0 Å². The van der Waals surface area contributed by atoms with Gasteiger partial charge in [-0.1, -0.05) is 20.3 Å². The molecule has 2 aliphatic rings. The molecule has 1 saturated carbocycles. The summed E-state index contributed by atoms with van der Waals surface area (Å²) in [7, 11) is 0. The summed E-state index contributed by atoms with van der Waals surface area (Å²) in [5.74, 6) is 2.32. The minimum atomic E-state index is -0.0304. The molecule has 1 heterocycles. The number of hydrogen-bond donors (Lipinski definition) is 1. The Labute approximate surface area is 106 Å². The van der Waals surface area contributed by atoms with E-state index in [1.165, 1.54) is 45.2 Å². The molecule has 0 radical (unpaired) electrons. The van der Waals surface area contributed by atoms with Crippen LogP contribution in [-0.2, 0) is 0 Å². The Balaban J connectivity index is 1.80. The van der Waals surface area contributed by atoms with E-state index >= 15 is 0 Å². The van der Waals surface area contributed by atoms with Gasteiger partial charge in [0.05, 0.1) is 6.10 Å². The van der Waals surface area contributed by atoms with Crippen molar-refractivity contribution in [2.75, 3.05) is 19.6 Å². The highest BCUT2D eigenvalue weighted by Gasteiger charge is 2.30. The highest BCUT2D eigenvalue weighted by Crippen LogP contribution is 2.32. The number of aliphatic hydroxyl groups is 1. The molecule has 1 aliphatic heterocycles. The fraction of sp³-hybridized carbons (Fsp3) is 1.00. The van der Waals surface area contributed by atoms with Crippen LogP contribution in [0.2, 0.25) is 0 Å². The maximum atomic E-state index is 10.1. The molecule has 0 bridgehead atoms. The SMILES string of the molecule is CCC1CCC(O)C(CN2CCC(C)CC2)C1. The van der Waals surface area contributed by atoms with E-state index in [9.17, 15) is 5.11 Å². The predicted octanol–water partition coefficient (Wildman–Crippen LogP) is 2.91. The molecule has 2 nitrogen and oxygen atoms in total. The minimum absolute atomic E-state index is 0.0304. The molecule has 100 valence electrons. The van der Waals surface area contributed by atoms with Crippen molar-refractivity contribution in [3.63, 3.8) is 0 Å². The first-order valence-corrected chi connectivity index (χ1v) is 7.59. The van der Waals surface area contributed by atoms with Crippen LogP contribution in [0, 0.1) is 17.8 Å². The molecule has 1 aliphatic carbocycles. The third kappa shape index (κ3) is 3.69. The van der Waals surface area contributed by atoms with Gasteiger partial charge >= 0.3 is 0 Å². The lowest BCUT2D eigenvalue weighted by atomic mass is 9.78. The summed E-state index contributed by atoms with van der Waals surface area (Å²) in [5.41, 5.74) is 0. The van der Waals surface area contributed by atoms with Crippen molar-refractivity contribution >= 4 is 0 Å². The number of likely N-dealkylation sites (tertiary alicyclic amines) is 1. The summed E-state index contributed by atoms with van der Waals surface area (Å²) >= 11 is 0. The highest BCUT2D eigenvalue weighted by atomic mass is 16.3. The van der Waals surface area contributed by atoms with Crippen molar-refractivity contribution in [2.45, 2.75) is 58.5 Å². The molecular weight excluding hydrogens is 210 g/mol. The number of hydrogen-bond acceptors (Lipinski definition) is 2. The Morgan fingerprint density at radius 3 is 2.47 bits per heavy atom. The van der Waals surface area contributed by atoms with Gasteiger partial charge in [-0.15, -0.1) is 0 Å². The van der Waals surface area contributed by atoms with Crippen LogP contribution < -0.4 is 0 Å². The van der Waals surface area contributed by atoms with Crippen LogP contribution in [0.15, 0.2) is 0 Å². The summed E-state index contributed by atoms with van der Waals surface area (Å²) in [6.07, 6.45) is 7.49. The zero-order valence-electron chi connectivity index (χ0n) is 11.6. The third-order valence-electron chi connectivity index (χ3n) is 5.00. The van der Waals surface area contributed by atoms with Crippen LogP contribution in [-0.4, -0.2) is 35.7 Å². The Kier molecular flexibility index (Phi) is 4.87. The first-order valence-electron chi connectivity index (χ1n) is 7.59. The van der Waals surface area contributed by atoms with E-state index in [0.29, 0.717) is 5.92 Å². The second-order valence-corrected chi connectivity index (χ2v) is 6.40. The van der Waals surface area contributed by atoms with E-state index in [1.54, 1.807) is 0 Å². The first-order chi connectivity index (χ1) is 8.19. The number of rotatable bonds is 3. The molecule has 0 aromatic rings. The standard InChI is InChI=1S/C15H29NO/c1-3-13-4-5-15(17)14(10-13)11-16-8-6-12(2)7-9-16/h12-15,17H,3-11H2,1-2H3. The zero-order valence-corrected chi connectivity index (χ0v) is 11.6. The monoisotopic (exact) mass is 239 g/mol. The maximum Gasteiger partial charge on any atom is 0.0580 e. The molecular formula is C15H29NO. The Bertz CT molecular complexity index is 223. The van der Waals surface area contributed by atoms with Crippen molar-refractivity contribution < 1.29 is 5.11 Å². The fourth-order valence-electron chi connectivity index (χ4n) is 3.49. The molecule has 1 N–H and O–H groups in total. The van der Waals surface area contributed by atoms with Gasteiger partial charge in [0.2, 0.25) is 0 Å². The lowest BCUT2D eigenvalue weighted by Crippen LogP contribution is -2.42. The summed E-state index contributed by atoms with van der Waals surface area (Å²) in [6, 6.07) is 0. The molecule has 2 heteroatoms. The minimum Gasteiger partial charge on any atom is -0.393 e. The van der Waals surface area contributed by atoms with Gasteiger partial charge in [0, 0.05) is 6.54 Å². The second kappa shape index (κ2) is 6.19. The van der Waals surface area contributed by atoms with Gasteiger partial charge in [0.1, 0.15) is 0 Å². The summed E-state index contributed by atoms with van der Waals surface area (Å²) in [6.45, 7) is 8.30. The second-order valence-electron chi connectivity index (χ2n) is 6.40. The smallest absolute Gasteiger partial charge is 0.0580 e. The lowest BCUT2D eigenvalue weighted by molar-refractivity contribution is 0.0209. The summed E-state index contributed by atoms with van der Waals surface area (Å²) < 4.78 is 0. The first kappa shape index (κ1) is 13.4. The van der Waals surface area contributed by atoms with Crippen LogP contribution in [0.3, 0.4) is 0 Å². The van der Waals surface area contributed by atoms with Gasteiger partial charge < -0.3 is 10.0 Å². The van der Waals surface area contributed by atoms with Gasteiger partial charge in [-0.3, -0.25) is 0 Å². The fourth-order valence-corrected chi connectivity index (χ4v) is 3.49. The van der Waals surface area contributed by atoms with Gasteiger partial charge in [-0.2, -0.15) is 0 Å². The number of nitrogens with zero attached hydrogens (tertiary/aromatic N) is 1. The van der Waals surface area contributed by atoms with Gasteiger partial charge in [-0.25, -0.2) is 0 Å². The highest BCUT2D eigenvalue weighted by molar-refractivity contribution is 4.82. The quantitative estimate of drug-likeness (QED) is 0.818. The number of piperidine rings is 1. The van der Waals surface area contributed by atoms with Gasteiger partial charge in [0.15, 0.2) is 0 Å². The molecule has 3 atom stereocenters. The van der Waals surface area contributed by atoms with Gasteiger partial charge in [0.25, 0.3) is 0 Å². The van der Waals surface area contributed by atoms with Crippen molar-refractivity contribution in [2.24, 2.45) is 17.8 Å². The third-order valence-corrected chi connectivity index (χ3v) is 5.00. The predicted molar refractivity (Wildman–Crippen MR) is 72.0 cm³/mol.